The van der Waals surface area contributed by atoms with Crippen molar-refractivity contribution in [1.82, 2.24) is 0 Å². The molecule has 1 atom stereocenters. The van der Waals surface area contributed by atoms with Crippen LogP contribution in [0.25, 0.3) is 0 Å². The standard InChI is InChI=1S/C17H16N2O7S/c1-11(16(20)18-13-8-4-5-9-14(13)19(22)23)26-17(21)12-7-3-6-10-15(12)27(2,24)25/h3-11H,1-2H3,(H,18,20)/t11-/m1/s1. The van der Waals surface area contributed by atoms with Crippen LogP contribution in [0.3, 0.4) is 0 Å². The highest BCUT2D eigenvalue weighted by molar-refractivity contribution is 7.90. The van der Waals surface area contributed by atoms with Crippen molar-refractivity contribution in [1.29, 1.82) is 0 Å². The van der Waals surface area contributed by atoms with Gasteiger partial charge in [0.05, 0.1) is 15.4 Å². The number of benzene rings is 2. The van der Waals surface area contributed by atoms with Gasteiger partial charge in [0.15, 0.2) is 15.9 Å². The molecule has 0 saturated carbocycles. The Labute approximate surface area is 155 Å². The molecular weight excluding hydrogens is 376 g/mol. The molecule has 2 rings (SSSR count). The fourth-order valence-electron chi connectivity index (χ4n) is 2.21. The number of carbonyl (C=O) groups is 2. The second-order valence-electron chi connectivity index (χ2n) is 5.58. The number of amides is 1. The van der Waals surface area contributed by atoms with Crippen molar-refractivity contribution in [3.05, 3.63) is 64.2 Å². The number of para-hydroxylation sites is 2. The van der Waals surface area contributed by atoms with Gasteiger partial charge in [-0.05, 0) is 25.1 Å². The Hall–Kier alpha value is -3.27. The van der Waals surface area contributed by atoms with E-state index in [9.17, 15) is 28.1 Å². The van der Waals surface area contributed by atoms with Gasteiger partial charge >= 0.3 is 5.97 Å². The number of rotatable bonds is 6. The number of hydrogen-bond acceptors (Lipinski definition) is 7. The van der Waals surface area contributed by atoms with Crippen molar-refractivity contribution in [3.8, 4) is 0 Å². The van der Waals surface area contributed by atoms with Crippen LogP contribution in [0.15, 0.2) is 53.4 Å². The lowest BCUT2D eigenvalue weighted by molar-refractivity contribution is -0.383. The third-order valence-corrected chi connectivity index (χ3v) is 4.67. The van der Waals surface area contributed by atoms with E-state index in [1.807, 2.05) is 0 Å². The van der Waals surface area contributed by atoms with E-state index in [1.54, 1.807) is 0 Å². The largest absolute Gasteiger partial charge is 0.449 e. The minimum atomic E-state index is -3.67. The number of ether oxygens (including phenoxy) is 1. The van der Waals surface area contributed by atoms with Gasteiger partial charge in [-0.15, -0.1) is 0 Å². The highest BCUT2D eigenvalue weighted by atomic mass is 32.2. The molecule has 9 nitrogen and oxygen atoms in total. The first-order valence-electron chi connectivity index (χ1n) is 7.65. The molecule has 142 valence electrons. The van der Waals surface area contributed by atoms with Gasteiger partial charge < -0.3 is 10.1 Å². The van der Waals surface area contributed by atoms with Crippen LogP contribution in [-0.4, -0.2) is 37.6 Å². The van der Waals surface area contributed by atoms with E-state index < -0.39 is 32.7 Å². The highest BCUT2D eigenvalue weighted by Crippen LogP contribution is 2.23. The van der Waals surface area contributed by atoms with Gasteiger partial charge in [-0.1, -0.05) is 24.3 Å². The van der Waals surface area contributed by atoms with E-state index in [0.717, 1.165) is 6.26 Å². The molecule has 0 aromatic heterocycles. The number of nitro groups is 1. The number of nitro benzene ring substituents is 1. The lowest BCUT2D eigenvalue weighted by Gasteiger charge is -2.14. The number of carbonyl (C=O) groups excluding carboxylic acids is 2. The van der Waals surface area contributed by atoms with Gasteiger partial charge in [0.25, 0.3) is 11.6 Å². The predicted molar refractivity (Wildman–Crippen MR) is 96.2 cm³/mol. The number of sulfone groups is 1. The molecule has 0 fully saturated rings. The molecule has 0 saturated heterocycles. The maximum absolute atomic E-state index is 12.3. The summed E-state index contributed by atoms with van der Waals surface area (Å²) in [5.74, 6) is -1.80. The maximum Gasteiger partial charge on any atom is 0.340 e. The molecule has 0 aliphatic rings. The van der Waals surface area contributed by atoms with Crippen molar-refractivity contribution < 1.29 is 27.7 Å². The van der Waals surface area contributed by atoms with Crippen LogP contribution in [0.4, 0.5) is 11.4 Å². The van der Waals surface area contributed by atoms with Crippen molar-refractivity contribution in [2.24, 2.45) is 0 Å². The molecular formula is C17H16N2O7S. The summed E-state index contributed by atoms with van der Waals surface area (Å²) >= 11 is 0. The number of nitrogens with one attached hydrogen (secondary N) is 1. The summed E-state index contributed by atoms with van der Waals surface area (Å²) in [6, 6.07) is 10.9. The van der Waals surface area contributed by atoms with E-state index in [2.05, 4.69) is 5.32 Å². The fraction of sp³-hybridized carbons (Fsp3) is 0.176. The van der Waals surface area contributed by atoms with Crippen LogP contribution in [-0.2, 0) is 19.4 Å². The molecule has 10 heteroatoms. The van der Waals surface area contributed by atoms with Gasteiger partial charge in [0.2, 0.25) is 0 Å². The van der Waals surface area contributed by atoms with Gasteiger partial charge in [-0.2, -0.15) is 0 Å². The fourth-order valence-corrected chi connectivity index (χ4v) is 3.09. The van der Waals surface area contributed by atoms with Gasteiger partial charge in [0, 0.05) is 12.3 Å². The number of anilines is 1. The lowest BCUT2D eigenvalue weighted by atomic mass is 10.2. The maximum atomic E-state index is 12.3. The van der Waals surface area contributed by atoms with E-state index in [-0.39, 0.29) is 21.8 Å². The first-order chi connectivity index (χ1) is 12.6. The summed E-state index contributed by atoms with van der Waals surface area (Å²) in [4.78, 5) is 34.6. The molecule has 27 heavy (non-hydrogen) atoms. The molecule has 0 radical (unpaired) electrons. The highest BCUT2D eigenvalue weighted by Gasteiger charge is 2.25. The molecule has 0 aliphatic carbocycles. The summed E-state index contributed by atoms with van der Waals surface area (Å²) in [6.07, 6.45) is -0.367. The molecule has 2 aromatic rings. The Morgan fingerprint density at radius 2 is 1.70 bits per heavy atom. The average Bonchev–Trinajstić information content (AvgIpc) is 2.61. The topological polar surface area (TPSA) is 133 Å². The average molecular weight is 392 g/mol. The molecule has 0 heterocycles. The van der Waals surface area contributed by atoms with Crippen molar-refractivity contribution in [2.75, 3.05) is 11.6 Å². The molecule has 0 spiro atoms. The zero-order valence-corrected chi connectivity index (χ0v) is 15.2. The van der Waals surface area contributed by atoms with Crippen molar-refractivity contribution in [2.45, 2.75) is 17.9 Å². The zero-order chi connectivity index (χ0) is 20.2. The predicted octanol–water partition coefficient (Wildman–Crippen LogP) is 2.18. The third-order valence-electron chi connectivity index (χ3n) is 3.52. The number of hydrogen-bond donors (Lipinski definition) is 1. The van der Waals surface area contributed by atoms with Crippen molar-refractivity contribution in [3.63, 3.8) is 0 Å². The van der Waals surface area contributed by atoms with Gasteiger partial charge in [0.1, 0.15) is 5.69 Å². The van der Waals surface area contributed by atoms with Crippen LogP contribution in [0.2, 0.25) is 0 Å². The molecule has 0 aliphatic heterocycles. The number of esters is 1. The minimum absolute atomic E-state index is 0.0491. The van der Waals surface area contributed by atoms with Crippen LogP contribution in [0, 0.1) is 10.1 Å². The monoisotopic (exact) mass is 392 g/mol. The Bertz CT molecular complexity index is 1000. The van der Waals surface area contributed by atoms with Crippen LogP contribution in [0.5, 0.6) is 0 Å². The Morgan fingerprint density at radius 1 is 1.11 bits per heavy atom. The van der Waals surface area contributed by atoms with Gasteiger partial charge in [-0.3, -0.25) is 14.9 Å². The van der Waals surface area contributed by atoms with Crippen LogP contribution in [0.1, 0.15) is 17.3 Å². The Morgan fingerprint density at radius 3 is 2.33 bits per heavy atom. The first kappa shape index (κ1) is 20.0. The Kier molecular flexibility index (Phi) is 5.91. The summed E-state index contributed by atoms with van der Waals surface area (Å²) in [6.45, 7) is 1.27. The molecule has 1 amide bonds. The van der Waals surface area contributed by atoms with Crippen molar-refractivity contribution >= 4 is 33.1 Å². The third kappa shape index (κ3) is 4.88. The van der Waals surface area contributed by atoms with Crippen LogP contribution < -0.4 is 5.32 Å². The summed E-state index contributed by atoms with van der Waals surface area (Å²) < 4.78 is 28.6. The zero-order valence-electron chi connectivity index (χ0n) is 14.4. The molecule has 2 aromatic carbocycles. The smallest absolute Gasteiger partial charge is 0.340 e. The van der Waals surface area contributed by atoms with E-state index in [4.69, 9.17) is 4.74 Å². The number of nitrogens with zero attached hydrogens (tertiary/aromatic N) is 1. The molecule has 0 unspecified atom stereocenters. The summed E-state index contributed by atoms with van der Waals surface area (Å²) in [5, 5.41) is 13.3. The SMILES string of the molecule is C[C@@H](OC(=O)c1ccccc1S(C)(=O)=O)C(=O)Nc1ccccc1[N+](=O)[O-]. The minimum Gasteiger partial charge on any atom is -0.449 e. The molecule has 0 bridgehead atoms. The summed E-state index contributed by atoms with van der Waals surface area (Å²) in [5.41, 5.74) is -0.566. The summed E-state index contributed by atoms with van der Waals surface area (Å²) in [7, 11) is -3.67. The first-order valence-corrected chi connectivity index (χ1v) is 9.54. The normalized spacial score (nSPS) is 12.1. The van der Waals surface area contributed by atoms with E-state index in [0.29, 0.717) is 0 Å². The Balaban J connectivity index is 2.16. The van der Waals surface area contributed by atoms with Gasteiger partial charge in [-0.25, -0.2) is 13.2 Å². The second kappa shape index (κ2) is 7.96. The molecule has 1 N–H and O–H groups in total. The quantitative estimate of drug-likeness (QED) is 0.452. The van der Waals surface area contributed by atoms with E-state index in [1.165, 1.54) is 55.5 Å². The van der Waals surface area contributed by atoms with E-state index >= 15 is 0 Å². The lowest BCUT2D eigenvalue weighted by Crippen LogP contribution is -2.30. The van der Waals surface area contributed by atoms with Crippen LogP contribution >= 0.6 is 0 Å². The second-order valence-corrected chi connectivity index (χ2v) is 7.56.